The zero-order valence-electron chi connectivity index (χ0n) is 15.7. The van der Waals surface area contributed by atoms with Crippen molar-refractivity contribution in [3.05, 3.63) is 52.9 Å². The fourth-order valence-corrected chi connectivity index (χ4v) is 3.27. The quantitative estimate of drug-likeness (QED) is 0.585. The number of nitrogens with zero attached hydrogens (tertiary/aromatic N) is 4. The molecule has 8 nitrogen and oxygen atoms in total. The van der Waals surface area contributed by atoms with Crippen molar-refractivity contribution in [1.82, 2.24) is 25.5 Å². The van der Waals surface area contributed by atoms with E-state index in [0.717, 1.165) is 16.0 Å². The van der Waals surface area contributed by atoms with Crippen LogP contribution in [0.5, 0.6) is 0 Å². The molecule has 0 bridgehead atoms. The first-order valence-electron chi connectivity index (χ1n) is 8.88. The third-order valence-electron chi connectivity index (χ3n) is 3.97. The summed E-state index contributed by atoms with van der Waals surface area (Å²) in [6, 6.07) is 10.9. The Labute approximate surface area is 166 Å². The molecule has 2 heterocycles. The number of hydrogen-bond acceptors (Lipinski definition) is 7. The molecule has 146 valence electrons. The number of thiophene rings is 1. The maximum Gasteiger partial charge on any atom is 0.308 e. The average Bonchev–Trinajstić information content (AvgIpc) is 3.33. The SMILES string of the molecule is CCOC(=O)C[C@@H](NC(=O)Cn1nnc(-c2cccs2)n1)c1ccc(C)cc1. The van der Waals surface area contributed by atoms with E-state index < -0.39 is 6.04 Å². The highest BCUT2D eigenvalue weighted by Crippen LogP contribution is 2.20. The van der Waals surface area contributed by atoms with E-state index in [1.54, 1.807) is 6.92 Å². The van der Waals surface area contributed by atoms with E-state index >= 15 is 0 Å². The van der Waals surface area contributed by atoms with Gasteiger partial charge in [-0.3, -0.25) is 9.59 Å². The van der Waals surface area contributed by atoms with Gasteiger partial charge in [-0.05, 0) is 36.1 Å². The molecule has 3 rings (SSSR count). The molecule has 0 radical (unpaired) electrons. The van der Waals surface area contributed by atoms with E-state index in [4.69, 9.17) is 4.74 Å². The third-order valence-corrected chi connectivity index (χ3v) is 4.84. The van der Waals surface area contributed by atoms with Crippen LogP contribution in [0, 0.1) is 6.92 Å². The lowest BCUT2D eigenvalue weighted by molar-refractivity contribution is -0.143. The highest BCUT2D eigenvalue weighted by Gasteiger charge is 2.20. The molecule has 0 saturated heterocycles. The van der Waals surface area contributed by atoms with Gasteiger partial charge in [-0.1, -0.05) is 35.9 Å². The number of benzene rings is 1. The van der Waals surface area contributed by atoms with Gasteiger partial charge in [0.05, 0.1) is 23.9 Å². The van der Waals surface area contributed by atoms with Gasteiger partial charge in [0.1, 0.15) is 6.54 Å². The highest BCUT2D eigenvalue weighted by molar-refractivity contribution is 7.13. The Morgan fingerprint density at radius 2 is 2.04 bits per heavy atom. The van der Waals surface area contributed by atoms with Gasteiger partial charge in [0.15, 0.2) is 0 Å². The van der Waals surface area contributed by atoms with Crippen molar-refractivity contribution in [1.29, 1.82) is 0 Å². The monoisotopic (exact) mass is 399 g/mol. The largest absolute Gasteiger partial charge is 0.466 e. The summed E-state index contributed by atoms with van der Waals surface area (Å²) < 4.78 is 5.03. The van der Waals surface area contributed by atoms with Gasteiger partial charge in [0.2, 0.25) is 11.7 Å². The molecule has 3 aromatic rings. The van der Waals surface area contributed by atoms with Gasteiger partial charge in [-0.2, -0.15) is 4.80 Å². The van der Waals surface area contributed by atoms with Crippen LogP contribution in [0.1, 0.15) is 30.5 Å². The number of aromatic nitrogens is 4. The Bertz CT molecular complexity index is 921. The summed E-state index contributed by atoms with van der Waals surface area (Å²) in [7, 11) is 0. The minimum absolute atomic E-state index is 0.0495. The van der Waals surface area contributed by atoms with Gasteiger partial charge >= 0.3 is 5.97 Å². The predicted octanol–water partition coefficient (Wildman–Crippen LogP) is 2.52. The van der Waals surface area contributed by atoms with E-state index in [-0.39, 0.29) is 24.8 Å². The normalized spacial score (nSPS) is 11.8. The topological polar surface area (TPSA) is 99.0 Å². The molecular formula is C19H21N5O3S. The molecule has 0 fully saturated rings. The summed E-state index contributed by atoms with van der Waals surface area (Å²) in [4.78, 5) is 26.6. The van der Waals surface area contributed by atoms with Gasteiger partial charge in [0.25, 0.3) is 0 Å². The van der Waals surface area contributed by atoms with E-state index in [2.05, 4.69) is 20.7 Å². The minimum Gasteiger partial charge on any atom is -0.466 e. The first kappa shape index (κ1) is 19.7. The predicted molar refractivity (Wildman–Crippen MR) is 104 cm³/mol. The van der Waals surface area contributed by atoms with Crippen molar-refractivity contribution in [2.75, 3.05) is 6.61 Å². The average molecular weight is 399 g/mol. The number of carbonyl (C=O) groups is 2. The molecule has 0 aliphatic rings. The number of ether oxygens (including phenoxy) is 1. The molecule has 0 unspecified atom stereocenters. The summed E-state index contributed by atoms with van der Waals surface area (Å²) in [5.41, 5.74) is 1.93. The Hall–Kier alpha value is -3.07. The van der Waals surface area contributed by atoms with Crippen molar-refractivity contribution in [3.63, 3.8) is 0 Å². The van der Waals surface area contributed by atoms with Crippen LogP contribution < -0.4 is 5.32 Å². The molecule has 0 saturated carbocycles. The minimum atomic E-state index is -0.493. The Morgan fingerprint density at radius 3 is 2.71 bits per heavy atom. The van der Waals surface area contributed by atoms with Crippen molar-refractivity contribution < 1.29 is 14.3 Å². The van der Waals surface area contributed by atoms with Gasteiger partial charge in [-0.25, -0.2) is 0 Å². The van der Waals surface area contributed by atoms with Crippen LogP contribution in [0.25, 0.3) is 10.7 Å². The number of amides is 1. The van der Waals surface area contributed by atoms with Crippen molar-refractivity contribution >= 4 is 23.2 Å². The van der Waals surface area contributed by atoms with Crippen LogP contribution in [0.2, 0.25) is 0 Å². The molecule has 1 amide bonds. The number of nitrogens with one attached hydrogen (secondary N) is 1. The number of tetrazole rings is 1. The van der Waals surface area contributed by atoms with Crippen molar-refractivity contribution in [2.24, 2.45) is 0 Å². The van der Waals surface area contributed by atoms with E-state index in [9.17, 15) is 9.59 Å². The second kappa shape index (κ2) is 9.23. The number of aryl methyl sites for hydroxylation is 1. The number of rotatable bonds is 8. The molecule has 28 heavy (non-hydrogen) atoms. The molecule has 0 aliphatic heterocycles. The lowest BCUT2D eigenvalue weighted by Crippen LogP contribution is -2.33. The number of hydrogen-bond donors (Lipinski definition) is 1. The summed E-state index contributed by atoms with van der Waals surface area (Å²) in [6.07, 6.45) is 0.0495. The van der Waals surface area contributed by atoms with Crippen LogP contribution in [0.15, 0.2) is 41.8 Å². The zero-order valence-corrected chi connectivity index (χ0v) is 16.5. The summed E-state index contributed by atoms with van der Waals surface area (Å²) >= 11 is 1.50. The second-order valence-electron chi connectivity index (χ2n) is 6.16. The zero-order chi connectivity index (χ0) is 19.9. The maximum absolute atomic E-state index is 12.5. The molecule has 0 spiro atoms. The number of esters is 1. The van der Waals surface area contributed by atoms with Crippen LogP contribution >= 0.6 is 11.3 Å². The smallest absolute Gasteiger partial charge is 0.308 e. The molecular weight excluding hydrogens is 378 g/mol. The second-order valence-corrected chi connectivity index (χ2v) is 7.11. The third kappa shape index (κ3) is 5.23. The molecule has 9 heteroatoms. The summed E-state index contributed by atoms with van der Waals surface area (Å²) in [6.45, 7) is 3.93. The lowest BCUT2D eigenvalue weighted by atomic mass is 10.0. The molecule has 0 aliphatic carbocycles. The Kier molecular flexibility index (Phi) is 6.49. The molecule has 1 aromatic carbocycles. The van der Waals surface area contributed by atoms with E-state index in [1.807, 2.05) is 48.7 Å². The molecule has 1 atom stereocenters. The van der Waals surface area contributed by atoms with Crippen LogP contribution in [0.3, 0.4) is 0 Å². The standard InChI is InChI=1S/C19H21N5O3S/c1-3-27-18(26)11-15(14-8-6-13(2)7-9-14)20-17(25)12-24-22-19(21-23-24)16-5-4-10-28-16/h4-10,15H,3,11-12H2,1-2H3,(H,20,25)/t15-/m1/s1. The first-order chi connectivity index (χ1) is 13.5. The van der Waals surface area contributed by atoms with Crippen molar-refractivity contribution in [2.45, 2.75) is 32.9 Å². The lowest BCUT2D eigenvalue weighted by Gasteiger charge is -2.18. The summed E-state index contributed by atoms with van der Waals surface area (Å²) in [5.74, 6) is -0.207. The first-order valence-corrected chi connectivity index (χ1v) is 9.76. The van der Waals surface area contributed by atoms with Gasteiger partial charge < -0.3 is 10.1 Å². The number of carbonyl (C=O) groups excluding carboxylic acids is 2. The van der Waals surface area contributed by atoms with Crippen LogP contribution in [-0.4, -0.2) is 38.7 Å². The van der Waals surface area contributed by atoms with Crippen LogP contribution in [0.4, 0.5) is 0 Å². The fraction of sp³-hybridized carbons (Fsp3) is 0.316. The summed E-state index contributed by atoms with van der Waals surface area (Å²) in [5, 5.41) is 16.9. The maximum atomic E-state index is 12.5. The van der Waals surface area contributed by atoms with Crippen LogP contribution in [-0.2, 0) is 20.9 Å². The molecule has 1 N–H and O–H groups in total. The van der Waals surface area contributed by atoms with Crippen molar-refractivity contribution in [3.8, 4) is 10.7 Å². The molecule has 2 aromatic heterocycles. The van der Waals surface area contributed by atoms with Gasteiger partial charge in [0, 0.05) is 0 Å². The Morgan fingerprint density at radius 1 is 1.25 bits per heavy atom. The van der Waals surface area contributed by atoms with E-state index in [1.165, 1.54) is 16.1 Å². The van der Waals surface area contributed by atoms with E-state index in [0.29, 0.717) is 12.4 Å². The highest BCUT2D eigenvalue weighted by atomic mass is 32.1. The van der Waals surface area contributed by atoms with Gasteiger partial charge in [-0.15, -0.1) is 21.5 Å². The Balaban J connectivity index is 1.68. The fourth-order valence-electron chi connectivity index (χ4n) is 2.62.